The van der Waals surface area contributed by atoms with Crippen molar-refractivity contribution in [2.24, 2.45) is 0 Å². The highest BCUT2D eigenvalue weighted by Crippen LogP contribution is 1.92. The zero-order valence-electron chi connectivity index (χ0n) is 4.36. The molecule has 0 bridgehead atoms. The summed E-state index contributed by atoms with van der Waals surface area (Å²) in [7, 11) is -0.910. The molecule has 42 valence electrons. The fourth-order valence-electron chi connectivity index (χ4n) is 0.227. The van der Waals surface area contributed by atoms with Crippen LogP contribution < -0.4 is 0 Å². The van der Waals surface area contributed by atoms with Gasteiger partial charge in [0.1, 0.15) is 0 Å². The Morgan fingerprint density at radius 3 is 2.71 bits per heavy atom. The van der Waals surface area contributed by atoms with Crippen LogP contribution in [-0.4, -0.2) is 16.5 Å². The Balaban J connectivity index is 2.98. The summed E-state index contributed by atoms with van der Waals surface area (Å²) in [4.78, 5) is 0. The number of hydrogen-bond donors (Lipinski definition) is 0. The molecule has 0 heterocycles. The molecule has 1 unspecified atom stereocenters. The number of halogens is 1. The second-order valence-electron chi connectivity index (χ2n) is 1.17. The van der Waals surface area contributed by atoms with Gasteiger partial charge in [-0.2, -0.15) is 0 Å². The van der Waals surface area contributed by atoms with Gasteiger partial charge in [-0.3, -0.25) is 4.11 Å². The van der Waals surface area contributed by atoms with Crippen LogP contribution in [0.25, 0.3) is 0 Å². The van der Waals surface area contributed by atoms with E-state index in [1.165, 1.54) is 7.11 Å². The van der Waals surface area contributed by atoms with Gasteiger partial charge in [-0.1, -0.05) is 6.08 Å². The third-order valence-corrected chi connectivity index (χ3v) is 1.82. The molecule has 3 heteroatoms. The van der Waals surface area contributed by atoms with Gasteiger partial charge in [0, 0.05) is 13.2 Å². The summed E-state index contributed by atoms with van der Waals surface area (Å²) in [5.74, 6) is 0. The highest BCUT2D eigenvalue weighted by atomic mass is 28.3. The molecule has 0 rings (SSSR count). The molecule has 0 aliphatic carbocycles. The van der Waals surface area contributed by atoms with Gasteiger partial charge in [-0.25, -0.2) is 0 Å². The fourth-order valence-corrected chi connectivity index (χ4v) is 0.682. The largest absolute Gasteiger partial charge is 0.397 e. The van der Waals surface area contributed by atoms with Gasteiger partial charge in [-0.15, -0.1) is 6.58 Å². The molecule has 0 N–H and O–H groups in total. The van der Waals surface area contributed by atoms with Crippen LogP contribution in [0.5, 0.6) is 0 Å². The quantitative estimate of drug-likeness (QED) is 0.307. The van der Waals surface area contributed by atoms with Crippen LogP contribution in [0.1, 0.15) is 0 Å². The minimum absolute atomic E-state index is 0.413. The average Bonchev–Trinajstić information content (AvgIpc) is 1.68. The first kappa shape index (κ1) is 6.85. The molecule has 0 aromatic heterocycles. The van der Waals surface area contributed by atoms with E-state index in [2.05, 4.69) is 11.0 Å². The van der Waals surface area contributed by atoms with Crippen molar-refractivity contribution < 1.29 is 8.53 Å². The van der Waals surface area contributed by atoms with E-state index in [0.717, 1.165) is 0 Å². The third kappa shape index (κ3) is 3.68. The van der Waals surface area contributed by atoms with Crippen molar-refractivity contribution in [2.45, 2.75) is 6.04 Å². The van der Waals surface area contributed by atoms with E-state index in [-0.39, 0.29) is 0 Å². The lowest BCUT2D eigenvalue weighted by Gasteiger charge is -1.94. The first-order valence-corrected chi connectivity index (χ1v) is 3.81. The summed E-state index contributed by atoms with van der Waals surface area (Å²) >= 11 is 0. The molecule has 0 saturated carbocycles. The Morgan fingerprint density at radius 2 is 2.57 bits per heavy atom. The smallest absolute Gasteiger partial charge is 0.372 e. The van der Waals surface area contributed by atoms with Crippen LogP contribution in [0.3, 0.4) is 0 Å². The molecular weight excluding hydrogens is 111 g/mol. The van der Waals surface area contributed by atoms with Gasteiger partial charge in [-0.05, 0) is 0 Å². The maximum absolute atomic E-state index is 12.0. The molecule has 0 aromatic rings. The second-order valence-corrected chi connectivity index (χ2v) is 2.93. The van der Waals surface area contributed by atoms with Crippen molar-refractivity contribution in [1.29, 1.82) is 0 Å². The van der Waals surface area contributed by atoms with Gasteiger partial charge < -0.3 is 4.43 Å². The lowest BCUT2D eigenvalue weighted by atomic mass is 10.8. The Bertz CT molecular complexity index is 57.7. The SMILES string of the molecule is C=CC[SiH](F)OC. The molecule has 0 radical (unpaired) electrons. The van der Waals surface area contributed by atoms with E-state index in [1.54, 1.807) is 6.08 Å². The first-order valence-electron chi connectivity index (χ1n) is 2.09. The maximum atomic E-state index is 12.0. The minimum Gasteiger partial charge on any atom is -0.397 e. The highest BCUT2D eigenvalue weighted by molar-refractivity contribution is 6.44. The molecule has 1 atom stereocenters. The Kier molecular flexibility index (Phi) is 3.93. The summed E-state index contributed by atoms with van der Waals surface area (Å²) < 4.78 is 16.4. The molecule has 0 saturated heterocycles. The summed E-state index contributed by atoms with van der Waals surface area (Å²) in [6, 6.07) is 0.413. The zero-order valence-corrected chi connectivity index (χ0v) is 5.51. The predicted molar refractivity (Wildman–Crippen MR) is 30.3 cm³/mol. The molecule has 0 aliphatic rings. The van der Waals surface area contributed by atoms with Crippen LogP contribution in [0.4, 0.5) is 4.11 Å². The van der Waals surface area contributed by atoms with Crippen molar-refractivity contribution in [3.63, 3.8) is 0 Å². The lowest BCUT2D eigenvalue weighted by Crippen LogP contribution is -2.05. The molecular formula is C4H9FOSi. The summed E-state index contributed by atoms with van der Waals surface area (Å²) in [6.07, 6.45) is 1.54. The topological polar surface area (TPSA) is 9.23 Å². The van der Waals surface area contributed by atoms with Crippen molar-refractivity contribution in [3.8, 4) is 0 Å². The van der Waals surface area contributed by atoms with E-state index in [0.29, 0.717) is 6.04 Å². The lowest BCUT2D eigenvalue weighted by molar-refractivity contribution is 0.379. The molecule has 0 amide bonds. The third-order valence-electron chi connectivity index (χ3n) is 0.608. The van der Waals surface area contributed by atoms with Gasteiger partial charge in [0.25, 0.3) is 0 Å². The van der Waals surface area contributed by atoms with Crippen LogP contribution >= 0.6 is 0 Å². The van der Waals surface area contributed by atoms with E-state index >= 15 is 0 Å². The van der Waals surface area contributed by atoms with E-state index in [4.69, 9.17) is 0 Å². The number of rotatable bonds is 3. The first-order chi connectivity index (χ1) is 3.31. The van der Waals surface area contributed by atoms with Gasteiger partial charge in [0.2, 0.25) is 0 Å². The molecule has 1 nitrogen and oxygen atoms in total. The Morgan fingerprint density at radius 1 is 2.00 bits per heavy atom. The van der Waals surface area contributed by atoms with E-state index in [9.17, 15) is 4.11 Å². The van der Waals surface area contributed by atoms with Crippen molar-refractivity contribution >= 4 is 9.37 Å². The second kappa shape index (κ2) is 4.02. The predicted octanol–water partition coefficient (Wildman–Crippen LogP) is 1.01. The van der Waals surface area contributed by atoms with E-state index in [1.807, 2.05) is 0 Å². The van der Waals surface area contributed by atoms with Crippen molar-refractivity contribution in [3.05, 3.63) is 12.7 Å². The normalized spacial score (nSPS) is 13.4. The Hall–Kier alpha value is -0.153. The summed E-state index contributed by atoms with van der Waals surface area (Å²) in [5, 5.41) is 0. The maximum Gasteiger partial charge on any atom is 0.372 e. The minimum atomic E-state index is -2.30. The van der Waals surface area contributed by atoms with Crippen molar-refractivity contribution in [2.75, 3.05) is 7.11 Å². The number of hydrogen-bond acceptors (Lipinski definition) is 1. The highest BCUT2D eigenvalue weighted by Gasteiger charge is 2.02. The standard InChI is InChI=1S/C4H9FOSi/c1-3-4-7(5)6-2/h3,7H,1,4H2,2H3. The molecule has 0 aromatic carbocycles. The van der Waals surface area contributed by atoms with Crippen molar-refractivity contribution in [1.82, 2.24) is 0 Å². The zero-order chi connectivity index (χ0) is 5.70. The van der Waals surface area contributed by atoms with Gasteiger partial charge in [0.15, 0.2) is 0 Å². The summed E-state index contributed by atoms with van der Waals surface area (Å²) in [5.41, 5.74) is 0. The molecule has 0 spiro atoms. The fraction of sp³-hybridized carbons (Fsp3) is 0.500. The van der Waals surface area contributed by atoms with Crippen LogP contribution in [0.15, 0.2) is 12.7 Å². The molecule has 7 heavy (non-hydrogen) atoms. The van der Waals surface area contributed by atoms with Gasteiger partial charge >= 0.3 is 9.37 Å². The average molecular weight is 120 g/mol. The van der Waals surface area contributed by atoms with Crippen LogP contribution in [0.2, 0.25) is 6.04 Å². The molecule has 0 aliphatic heterocycles. The number of allylic oxidation sites excluding steroid dienone is 1. The van der Waals surface area contributed by atoms with E-state index < -0.39 is 9.37 Å². The molecule has 0 fully saturated rings. The monoisotopic (exact) mass is 120 g/mol. The summed E-state index contributed by atoms with van der Waals surface area (Å²) in [6.45, 7) is 3.36. The van der Waals surface area contributed by atoms with Gasteiger partial charge in [0.05, 0.1) is 0 Å². The van der Waals surface area contributed by atoms with Crippen LogP contribution in [0, 0.1) is 0 Å². The van der Waals surface area contributed by atoms with Crippen LogP contribution in [-0.2, 0) is 4.43 Å². The Labute approximate surface area is 44.7 Å².